The topological polar surface area (TPSA) is 72.9 Å². The average Bonchev–Trinajstić information content (AvgIpc) is 3.63. The number of ketones is 1. The summed E-state index contributed by atoms with van der Waals surface area (Å²) in [5.74, 6) is -2.01. The summed E-state index contributed by atoms with van der Waals surface area (Å²) in [5.41, 5.74) is 2.05. The van der Waals surface area contributed by atoms with Crippen molar-refractivity contribution in [1.29, 1.82) is 0 Å². The van der Waals surface area contributed by atoms with Crippen LogP contribution in [0.4, 0.5) is 0 Å². The molecular weight excluding hydrogens is 774 g/mol. The van der Waals surface area contributed by atoms with Gasteiger partial charge in [0.1, 0.15) is 12.0 Å². The Kier molecular flexibility index (Phi) is 12.1. The van der Waals surface area contributed by atoms with E-state index >= 15 is 14.4 Å². The Morgan fingerprint density at radius 2 is 1.45 bits per heavy atom. The van der Waals surface area contributed by atoms with Crippen molar-refractivity contribution < 1.29 is 23.5 Å². The van der Waals surface area contributed by atoms with E-state index in [2.05, 4.69) is 64.0 Å². The zero-order valence-corrected chi connectivity index (χ0v) is 37.1. The molecule has 0 unspecified atom stereocenters. The lowest BCUT2D eigenvalue weighted by atomic mass is 9.69. The van der Waals surface area contributed by atoms with Gasteiger partial charge in [0.05, 0.1) is 18.1 Å². The molecule has 2 fully saturated rings. The minimum Gasteiger partial charge on any atom is -0.457 e. The Labute approximate surface area is 348 Å². The number of carbonyl (C=O) groups excluding carboxylic acids is 3. The van der Waals surface area contributed by atoms with Crippen molar-refractivity contribution in [2.45, 2.75) is 77.2 Å². The molecule has 2 aliphatic rings. The highest BCUT2D eigenvalue weighted by molar-refractivity contribution is 7.96. The van der Waals surface area contributed by atoms with Gasteiger partial charge < -0.3 is 14.1 Å². The van der Waals surface area contributed by atoms with Gasteiger partial charge in [-0.25, -0.2) is 4.79 Å². The van der Waals surface area contributed by atoms with Gasteiger partial charge >= 0.3 is 5.97 Å². The van der Waals surface area contributed by atoms with Gasteiger partial charge in [0.25, 0.3) is 0 Å². The van der Waals surface area contributed by atoms with Gasteiger partial charge in [-0.15, -0.1) is 11.3 Å². The second kappa shape index (κ2) is 16.9. The van der Waals surface area contributed by atoms with Crippen molar-refractivity contribution in [3.05, 3.63) is 144 Å². The van der Waals surface area contributed by atoms with E-state index in [0.717, 1.165) is 38.9 Å². The summed E-state index contributed by atoms with van der Waals surface area (Å²) < 4.78 is 14.3. The molecule has 1 saturated heterocycles. The molecule has 1 aliphatic carbocycles. The molecule has 300 valence electrons. The minimum absolute atomic E-state index is 0.0235. The van der Waals surface area contributed by atoms with Crippen molar-refractivity contribution in [2.24, 2.45) is 11.8 Å². The molecule has 0 bridgehead atoms. The number of fused-ring (bicyclic) bond motifs is 1. The molecule has 1 aliphatic heterocycles. The van der Waals surface area contributed by atoms with Crippen molar-refractivity contribution in [2.75, 3.05) is 6.61 Å². The minimum atomic E-state index is -3.18. The van der Waals surface area contributed by atoms with Crippen LogP contribution in [0.2, 0.25) is 18.1 Å². The van der Waals surface area contributed by atoms with E-state index in [1.807, 2.05) is 110 Å². The Morgan fingerprint density at radius 1 is 0.897 bits per heavy atom. The normalized spacial score (nSPS) is 20.1. The van der Waals surface area contributed by atoms with Gasteiger partial charge in [-0.1, -0.05) is 143 Å². The van der Waals surface area contributed by atoms with Crippen LogP contribution in [-0.4, -0.2) is 55.0 Å². The molecule has 7 rings (SSSR count). The Morgan fingerprint density at radius 3 is 2.00 bits per heavy atom. The smallest absolute Gasteiger partial charge is 0.356 e. The van der Waals surface area contributed by atoms with Gasteiger partial charge in [0.15, 0.2) is 14.1 Å². The van der Waals surface area contributed by atoms with E-state index in [-0.39, 0.29) is 28.8 Å². The van der Waals surface area contributed by atoms with Crippen molar-refractivity contribution in [3.8, 4) is 0 Å². The zero-order chi connectivity index (χ0) is 41.2. The molecule has 0 radical (unpaired) electrons. The number of hydrogen-bond acceptors (Lipinski definition) is 6. The molecule has 1 saturated carbocycles. The lowest BCUT2D eigenvalue weighted by Gasteiger charge is -2.55. The SMILES string of the molecule is C=CCOC(=O)C(N1C(=O)[C@H]([C@@H](C)O[Si](C)(C)C(C)(C)C)[C@H]1[C@H]1CCC/C(=C\c2csc3ccccc23)C1=O)=P(c1ccccc1)(c1ccccc1)c1ccccc1. The summed E-state index contributed by atoms with van der Waals surface area (Å²) in [5, 5.41) is 5.83. The van der Waals surface area contributed by atoms with Crippen LogP contribution < -0.4 is 15.9 Å². The van der Waals surface area contributed by atoms with Crippen LogP contribution in [0.1, 0.15) is 52.5 Å². The Balaban J connectivity index is 1.50. The van der Waals surface area contributed by atoms with E-state index < -0.39 is 45.2 Å². The lowest BCUT2D eigenvalue weighted by Crippen LogP contribution is -2.72. The Bertz CT molecular complexity index is 2300. The Hall–Kier alpha value is -4.59. The molecule has 4 aromatic carbocycles. The fraction of sp³-hybridized carbons (Fsp3) is 0.306. The summed E-state index contributed by atoms with van der Waals surface area (Å²) in [6.07, 6.45) is 5.11. The first-order valence-electron chi connectivity index (χ1n) is 20.2. The number of nitrogens with zero attached hydrogens (tertiary/aromatic N) is 1. The monoisotopic (exact) mass is 827 g/mol. The van der Waals surface area contributed by atoms with Crippen LogP contribution in [0.3, 0.4) is 0 Å². The van der Waals surface area contributed by atoms with Gasteiger partial charge in [-0.2, -0.15) is 0 Å². The maximum absolute atomic E-state index is 15.4. The molecule has 9 heteroatoms. The predicted molar refractivity (Wildman–Crippen MR) is 245 cm³/mol. The van der Waals surface area contributed by atoms with Crippen LogP contribution in [0.25, 0.3) is 16.2 Å². The summed E-state index contributed by atoms with van der Waals surface area (Å²) in [4.78, 5) is 47.5. The summed E-state index contributed by atoms with van der Waals surface area (Å²) in [7, 11) is -2.37. The molecule has 1 aromatic heterocycles. The van der Waals surface area contributed by atoms with Crippen LogP contribution in [-0.2, 0) is 23.5 Å². The van der Waals surface area contributed by atoms with E-state index in [4.69, 9.17) is 9.16 Å². The van der Waals surface area contributed by atoms with E-state index in [1.54, 1.807) is 22.3 Å². The number of amides is 1. The summed E-state index contributed by atoms with van der Waals surface area (Å²) in [6.45, 7) is 13.6. The lowest BCUT2D eigenvalue weighted by molar-refractivity contribution is -0.162. The second-order valence-corrected chi connectivity index (χ2v) is 25.9. The third-order valence-corrected chi connectivity index (χ3v) is 22.1. The number of thiophene rings is 1. The zero-order valence-electron chi connectivity index (χ0n) is 34.4. The molecule has 4 atom stereocenters. The number of Topliss-reactive ketones (excluding diaryl/α,β-unsaturated/α-hetero) is 1. The quantitative estimate of drug-likeness (QED) is 0.0313. The number of ether oxygens (including phenoxy) is 1. The number of allylic oxidation sites excluding steroid dienone is 1. The number of benzene rings is 4. The van der Waals surface area contributed by atoms with Crippen LogP contribution in [0, 0.1) is 11.8 Å². The number of esters is 1. The van der Waals surface area contributed by atoms with Crippen molar-refractivity contribution in [3.63, 3.8) is 0 Å². The molecule has 58 heavy (non-hydrogen) atoms. The van der Waals surface area contributed by atoms with Crippen LogP contribution >= 0.6 is 18.2 Å². The third-order valence-electron chi connectivity index (χ3n) is 12.3. The van der Waals surface area contributed by atoms with Crippen LogP contribution in [0.15, 0.2) is 139 Å². The van der Waals surface area contributed by atoms with E-state index in [9.17, 15) is 0 Å². The molecule has 0 spiro atoms. The summed E-state index contributed by atoms with van der Waals surface area (Å²) in [6, 6.07) is 37.6. The standard InChI is InChI=1S/C49H54NO5PSSi/c1-8-31-54-48(53)47(56(37-22-12-9-13-23-37,38-24-14-10-15-25-38)39-26-16-11-17-27-39)50-44(43(46(50)52)34(2)55-58(6,7)49(3,4)5)41-29-20-21-35(45(41)51)32-36-33-57-42-30-19-18-28-40(36)42/h8-19,22-28,30,32-34,41,43-44H,1,20-21,29,31H2,2-7H3/b35-32+/t34-,41-,43-,44-/m1/s1. The fourth-order valence-electron chi connectivity index (χ4n) is 8.54. The number of β-lactam (4-membered cyclic amide) rings is 1. The molecule has 5 aromatic rings. The largest absolute Gasteiger partial charge is 0.457 e. The number of rotatable bonds is 12. The average molecular weight is 828 g/mol. The first-order chi connectivity index (χ1) is 27.8. The highest BCUT2D eigenvalue weighted by Gasteiger charge is 2.60. The van der Waals surface area contributed by atoms with Gasteiger partial charge in [0, 0.05) is 17.5 Å². The van der Waals surface area contributed by atoms with E-state index in [1.165, 1.54) is 4.70 Å². The number of likely N-dealkylation sites (tertiary alicyclic amines) is 1. The van der Waals surface area contributed by atoms with Crippen LogP contribution in [0.5, 0.6) is 0 Å². The van der Waals surface area contributed by atoms with Crippen molar-refractivity contribution in [1.82, 2.24) is 4.90 Å². The molecule has 0 N–H and O–H groups in total. The summed E-state index contributed by atoms with van der Waals surface area (Å²) >= 11 is 1.67. The number of carbonyl (C=O) groups is 3. The second-order valence-electron chi connectivity index (χ2n) is 16.9. The highest BCUT2D eigenvalue weighted by Crippen LogP contribution is 2.52. The third kappa shape index (κ3) is 7.56. The first kappa shape index (κ1) is 41.6. The molecule has 1 amide bonds. The first-order valence-corrected chi connectivity index (χ1v) is 25.8. The maximum atomic E-state index is 15.4. The van der Waals surface area contributed by atoms with Gasteiger partial charge in [0.2, 0.25) is 5.91 Å². The highest BCUT2D eigenvalue weighted by atomic mass is 32.1. The van der Waals surface area contributed by atoms with Crippen molar-refractivity contribution >= 4 is 81.7 Å². The molecule has 2 heterocycles. The predicted octanol–water partition coefficient (Wildman–Crippen LogP) is 9.74. The fourth-order valence-corrected chi connectivity index (χ4v) is 15.3. The van der Waals surface area contributed by atoms with E-state index in [0.29, 0.717) is 12.8 Å². The number of hydrogen-bond donors (Lipinski definition) is 0. The molecular formula is C49H54NO5PSSi. The van der Waals surface area contributed by atoms with Gasteiger partial charge in [-0.3, -0.25) is 9.59 Å². The maximum Gasteiger partial charge on any atom is 0.356 e. The molecule has 6 nitrogen and oxygen atoms in total. The van der Waals surface area contributed by atoms with Gasteiger partial charge in [-0.05, 0) is 94.3 Å².